The summed E-state index contributed by atoms with van der Waals surface area (Å²) in [5.41, 5.74) is 1.36. The Bertz CT molecular complexity index is 912. The minimum atomic E-state index is -0.750. The average Bonchev–Trinajstić information content (AvgIpc) is 2.71. The van der Waals surface area contributed by atoms with Crippen molar-refractivity contribution in [2.24, 2.45) is 5.92 Å². The van der Waals surface area contributed by atoms with Crippen LogP contribution in [0.1, 0.15) is 41.4 Å². The SMILES string of the molecule is Cc1ccc(C(=O)OCC(=O)N[C@@H](c2ccc3c(c2)OCCO3)C(C)C)cc1F. The van der Waals surface area contributed by atoms with Gasteiger partial charge in [0.25, 0.3) is 5.91 Å². The topological polar surface area (TPSA) is 73.9 Å². The number of rotatable bonds is 6. The van der Waals surface area contributed by atoms with Gasteiger partial charge in [-0.15, -0.1) is 0 Å². The monoisotopic (exact) mass is 401 g/mol. The van der Waals surface area contributed by atoms with Crippen molar-refractivity contribution in [3.63, 3.8) is 0 Å². The third-order valence-electron chi connectivity index (χ3n) is 4.65. The number of hydrogen-bond acceptors (Lipinski definition) is 5. The Balaban J connectivity index is 1.62. The summed E-state index contributed by atoms with van der Waals surface area (Å²) in [7, 11) is 0. The van der Waals surface area contributed by atoms with E-state index in [1.807, 2.05) is 32.0 Å². The van der Waals surface area contributed by atoms with E-state index in [1.54, 1.807) is 6.92 Å². The second-order valence-corrected chi connectivity index (χ2v) is 7.23. The molecule has 1 aliphatic heterocycles. The maximum absolute atomic E-state index is 13.6. The Hall–Kier alpha value is -3.09. The van der Waals surface area contributed by atoms with Crippen LogP contribution in [0, 0.1) is 18.7 Å². The Morgan fingerprint density at radius 2 is 1.83 bits per heavy atom. The highest BCUT2D eigenvalue weighted by molar-refractivity contribution is 5.91. The number of ether oxygens (including phenoxy) is 3. The van der Waals surface area contributed by atoms with Gasteiger partial charge in [0.05, 0.1) is 11.6 Å². The van der Waals surface area contributed by atoms with Crippen molar-refractivity contribution in [2.45, 2.75) is 26.8 Å². The van der Waals surface area contributed by atoms with Crippen LogP contribution in [0.3, 0.4) is 0 Å². The van der Waals surface area contributed by atoms with Crippen molar-refractivity contribution in [2.75, 3.05) is 19.8 Å². The van der Waals surface area contributed by atoms with Gasteiger partial charge >= 0.3 is 5.97 Å². The van der Waals surface area contributed by atoms with Crippen molar-refractivity contribution >= 4 is 11.9 Å². The zero-order valence-corrected chi connectivity index (χ0v) is 16.7. The van der Waals surface area contributed by atoms with E-state index in [9.17, 15) is 14.0 Å². The van der Waals surface area contributed by atoms with Gasteiger partial charge in [-0.05, 0) is 48.2 Å². The summed E-state index contributed by atoms with van der Waals surface area (Å²) < 4.78 is 29.8. The number of aryl methyl sites for hydroxylation is 1. The van der Waals surface area contributed by atoms with E-state index in [0.29, 0.717) is 30.3 Å². The number of fused-ring (bicyclic) bond motifs is 1. The van der Waals surface area contributed by atoms with E-state index in [1.165, 1.54) is 12.1 Å². The van der Waals surface area contributed by atoms with Gasteiger partial charge in [0.1, 0.15) is 19.0 Å². The molecule has 1 heterocycles. The normalized spacial score (nSPS) is 13.7. The van der Waals surface area contributed by atoms with Crippen LogP contribution in [0.5, 0.6) is 11.5 Å². The van der Waals surface area contributed by atoms with Crippen LogP contribution in [-0.2, 0) is 9.53 Å². The van der Waals surface area contributed by atoms with Crippen LogP contribution in [0.15, 0.2) is 36.4 Å². The third kappa shape index (κ3) is 5.04. The molecular weight excluding hydrogens is 377 g/mol. The molecule has 0 aromatic heterocycles. The van der Waals surface area contributed by atoms with Gasteiger partial charge in [0.15, 0.2) is 18.1 Å². The van der Waals surface area contributed by atoms with E-state index < -0.39 is 24.3 Å². The molecule has 1 N–H and O–H groups in total. The lowest BCUT2D eigenvalue weighted by atomic mass is 9.95. The zero-order chi connectivity index (χ0) is 21.0. The van der Waals surface area contributed by atoms with Crippen LogP contribution >= 0.6 is 0 Å². The molecule has 29 heavy (non-hydrogen) atoms. The number of carbonyl (C=O) groups excluding carboxylic acids is 2. The number of hydrogen-bond donors (Lipinski definition) is 1. The molecule has 1 atom stereocenters. The van der Waals surface area contributed by atoms with Crippen LogP contribution in [0.25, 0.3) is 0 Å². The first-order valence-corrected chi connectivity index (χ1v) is 9.47. The molecule has 0 radical (unpaired) electrons. The van der Waals surface area contributed by atoms with Crippen LogP contribution in [-0.4, -0.2) is 31.7 Å². The molecule has 0 saturated carbocycles. The van der Waals surface area contributed by atoms with Crippen molar-refractivity contribution in [3.8, 4) is 11.5 Å². The molecule has 0 bridgehead atoms. The minimum Gasteiger partial charge on any atom is -0.486 e. The van der Waals surface area contributed by atoms with Crippen molar-refractivity contribution in [1.82, 2.24) is 5.32 Å². The lowest BCUT2D eigenvalue weighted by Crippen LogP contribution is -2.35. The first-order chi connectivity index (χ1) is 13.8. The number of halogens is 1. The first kappa shape index (κ1) is 20.6. The highest BCUT2D eigenvalue weighted by atomic mass is 19.1. The number of esters is 1. The van der Waals surface area contributed by atoms with Gasteiger partial charge in [-0.3, -0.25) is 4.79 Å². The second kappa shape index (κ2) is 8.94. The van der Waals surface area contributed by atoms with Crippen LogP contribution in [0.2, 0.25) is 0 Å². The van der Waals surface area contributed by atoms with E-state index >= 15 is 0 Å². The summed E-state index contributed by atoms with van der Waals surface area (Å²) >= 11 is 0. The Kier molecular flexibility index (Phi) is 6.36. The smallest absolute Gasteiger partial charge is 0.338 e. The predicted octanol–water partition coefficient (Wildman–Crippen LogP) is 3.58. The highest BCUT2D eigenvalue weighted by Crippen LogP contribution is 2.34. The number of amides is 1. The van der Waals surface area contributed by atoms with Gasteiger partial charge in [-0.2, -0.15) is 0 Å². The number of carbonyl (C=O) groups is 2. The molecular formula is C22H24FNO5. The van der Waals surface area contributed by atoms with E-state index in [2.05, 4.69) is 5.32 Å². The Morgan fingerprint density at radius 1 is 1.10 bits per heavy atom. The van der Waals surface area contributed by atoms with Crippen LogP contribution in [0.4, 0.5) is 4.39 Å². The molecule has 0 unspecified atom stereocenters. The molecule has 3 rings (SSSR count). The fourth-order valence-electron chi connectivity index (χ4n) is 3.04. The quantitative estimate of drug-likeness (QED) is 0.749. The van der Waals surface area contributed by atoms with Gasteiger partial charge in [-0.1, -0.05) is 26.0 Å². The highest BCUT2D eigenvalue weighted by Gasteiger charge is 2.22. The van der Waals surface area contributed by atoms with E-state index in [0.717, 1.165) is 11.6 Å². The molecule has 2 aromatic rings. The number of benzene rings is 2. The molecule has 0 fully saturated rings. The van der Waals surface area contributed by atoms with Crippen LogP contribution < -0.4 is 14.8 Å². The lowest BCUT2D eigenvalue weighted by Gasteiger charge is -2.25. The molecule has 154 valence electrons. The fraction of sp³-hybridized carbons (Fsp3) is 0.364. The maximum atomic E-state index is 13.6. The van der Waals surface area contributed by atoms with Gasteiger partial charge in [-0.25, -0.2) is 9.18 Å². The molecule has 0 spiro atoms. The van der Waals surface area contributed by atoms with E-state index in [4.69, 9.17) is 14.2 Å². The van der Waals surface area contributed by atoms with Gasteiger partial charge < -0.3 is 19.5 Å². The summed E-state index contributed by atoms with van der Waals surface area (Å²) in [5, 5.41) is 2.88. The molecule has 0 saturated heterocycles. The van der Waals surface area contributed by atoms with Gasteiger partial charge in [0, 0.05) is 0 Å². The zero-order valence-electron chi connectivity index (χ0n) is 16.7. The van der Waals surface area contributed by atoms with E-state index in [-0.39, 0.29) is 17.5 Å². The Morgan fingerprint density at radius 3 is 2.52 bits per heavy atom. The third-order valence-corrected chi connectivity index (χ3v) is 4.65. The van der Waals surface area contributed by atoms with Crippen molar-refractivity contribution in [1.29, 1.82) is 0 Å². The molecule has 7 heteroatoms. The average molecular weight is 401 g/mol. The summed E-state index contributed by atoms with van der Waals surface area (Å²) in [6, 6.07) is 9.29. The summed E-state index contributed by atoms with van der Waals surface area (Å²) in [6.45, 7) is 6.08. The molecule has 0 aliphatic carbocycles. The fourth-order valence-corrected chi connectivity index (χ4v) is 3.04. The van der Waals surface area contributed by atoms with Gasteiger partial charge in [0.2, 0.25) is 0 Å². The molecule has 1 aliphatic rings. The lowest BCUT2D eigenvalue weighted by molar-refractivity contribution is -0.125. The second-order valence-electron chi connectivity index (χ2n) is 7.23. The Labute approximate surface area is 169 Å². The largest absolute Gasteiger partial charge is 0.486 e. The maximum Gasteiger partial charge on any atom is 0.338 e. The predicted molar refractivity (Wildman–Crippen MR) is 105 cm³/mol. The summed E-state index contributed by atoms with van der Waals surface area (Å²) in [4.78, 5) is 24.4. The number of nitrogens with one attached hydrogen (secondary N) is 1. The minimum absolute atomic E-state index is 0.0631. The molecule has 1 amide bonds. The molecule has 6 nitrogen and oxygen atoms in total. The summed E-state index contributed by atoms with van der Waals surface area (Å²) in [6.07, 6.45) is 0. The van der Waals surface area contributed by atoms with Crippen molar-refractivity contribution < 1.29 is 28.2 Å². The van der Waals surface area contributed by atoms with Crippen molar-refractivity contribution in [3.05, 3.63) is 58.9 Å². The first-order valence-electron chi connectivity index (χ1n) is 9.47. The summed E-state index contributed by atoms with van der Waals surface area (Å²) in [5.74, 6) is -0.292. The molecule has 2 aromatic carbocycles. The standard InChI is InChI=1S/C22H24FNO5/c1-13(2)21(15-6-7-18-19(11-15)28-9-8-27-18)24-20(25)12-29-22(26)16-5-4-14(3)17(23)10-16/h4-7,10-11,13,21H,8-9,12H2,1-3H3,(H,24,25)/t21-/m1/s1.